The van der Waals surface area contributed by atoms with Crippen molar-refractivity contribution >= 4 is 22.9 Å². The Labute approximate surface area is 159 Å². The van der Waals surface area contributed by atoms with E-state index >= 15 is 0 Å². The van der Waals surface area contributed by atoms with Gasteiger partial charge in [0.05, 0.1) is 5.69 Å². The van der Waals surface area contributed by atoms with Gasteiger partial charge in [0, 0.05) is 43.9 Å². The fraction of sp³-hybridized carbons (Fsp3) is 0.333. The first-order chi connectivity index (χ1) is 12.9. The molecule has 1 aliphatic heterocycles. The maximum Gasteiger partial charge on any atom is 0.452 e. The molecule has 4 rings (SSSR count). The van der Waals surface area contributed by atoms with Gasteiger partial charge in [-0.25, -0.2) is 0 Å². The van der Waals surface area contributed by atoms with E-state index < -0.39 is 12.0 Å². The predicted molar refractivity (Wildman–Crippen MR) is 96.9 cm³/mol. The molecule has 1 aliphatic rings. The van der Waals surface area contributed by atoms with Crippen LogP contribution in [0.1, 0.15) is 11.4 Å². The normalized spacial score (nSPS) is 16.2. The Kier molecular flexibility index (Phi) is 4.69. The van der Waals surface area contributed by atoms with Crippen LogP contribution >= 0.6 is 11.6 Å². The van der Waals surface area contributed by atoms with Gasteiger partial charge in [-0.2, -0.15) is 13.2 Å². The first-order valence-electron chi connectivity index (χ1n) is 8.54. The minimum Gasteiger partial charge on any atom is -0.368 e. The second-order valence-electron chi connectivity index (χ2n) is 6.53. The molecule has 5 nitrogen and oxygen atoms in total. The van der Waals surface area contributed by atoms with Gasteiger partial charge in [-0.1, -0.05) is 23.7 Å². The van der Waals surface area contributed by atoms with Crippen molar-refractivity contribution in [2.75, 3.05) is 31.1 Å². The molecule has 2 aromatic heterocycles. The van der Waals surface area contributed by atoms with Gasteiger partial charge in [-0.3, -0.25) is 9.30 Å². The summed E-state index contributed by atoms with van der Waals surface area (Å²) in [5, 5.41) is 7.58. The topological polar surface area (TPSA) is 36.7 Å². The Hall–Kier alpha value is -2.32. The van der Waals surface area contributed by atoms with Gasteiger partial charge in [0.15, 0.2) is 5.65 Å². The smallest absolute Gasteiger partial charge is 0.368 e. The standard InChI is InChI=1S/C18H17ClF3N5/c19-14-3-1-13(2-4-14)11-25-7-9-26(10-8-25)15-5-6-16-23-24-17(18(20,21)22)27(16)12-15/h1-6,12H,7-11H2. The lowest BCUT2D eigenvalue weighted by molar-refractivity contribution is -0.145. The summed E-state index contributed by atoms with van der Waals surface area (Å²) in [6.45, 7) is 3.96. The summed E-state index contributed by atoms with van der Waals surface area (Å²) in [5.41, 5.74) is 2.11. The lowest BCUT2D eigenvalue weighted by Crippen LogP contribution is -2.46. The summed E-state index contributed by atoms with van der Waals surface area (Å²) in [6, 6.07) is 11.1. The Morgan fingerprint density at radius 2 is 1.63 bits per heavy atom. The van der Waals surface area contributed by atoms with Gasteiger partial charge in [0.1, 0.15) is 0 Å². The molecule has 142 valence electrons. The van der Waals surface area contributed by atoms with Crippen molar-refractivity contribution in [3.8, 4) is 0 Å². The van der Waals surface area contributed by atoms with Crippen LogP contribution in [0.4, 0.5) is 18.9 Å². The van der Waals surface area contributed by atoms with E-state index in [1.54, 1.807) is 12.1 Å². The Balaban J connectivity index is 1.45. The molecular formula is C18H17ClF3N5. The number of anilines is 1. The van der Waals surface area contributed by atoms with Crippen LogP contribution in [0.3, 0.4) is 0 Å². The average molecular weight is 396 g/mol. The lowest BCUT2D eigenvalue weighted by atomic mass is 10.2. The molecule has 27 heavy (non-hydrogen) atoms. The number of piperazine rings is 1. The molecule has 0 unspecified atom stereocenters. The fourth-order valence-electron chi connectivity index (χ4n) is 3.27. The molecule has 0 spiro atoms. The molecule has 1 saturated heterocycles. The Morgan fingerprint density at radius 3 is 2.30 bits per heavy atom. The largest absolute Gasteiger partial charge is 0.452 e. The molecule has 3 aromatic rings. The summed E-state index contributed by atoms with van der Waals surface area (Å²) in [5.74, 6) is -0.999. The molecule has 1 fully saturated rings. The van der Waals surface area contributed by atoms with Crippen LogP contribution in [0.2, 0.25) is 5.02 Å². The van der Waals surface area contributed by atoms with Crippen molar-refractivity contribution in [2.24, 2.45) is 0 Å². The zero-order chi connectivity index (χ0) is 19.0. The molecule has 1 aromatic carbocycles. The van der Waals surface area contributed by atoms with E-state index in [2.05, 4.69) is 20.0 Å². The quantitative estimate of drug-likeness (QED) is 0.677. The second kappa shape index (κ2) is 7.01. The third-order valence-corrected chi connectivity index (χ3v) is 4.95. The van der Waals surface area contributed by atoms with Gasteiger partial charge < -0.3 is 4.90 Å². The van der Waals surface area contributed by atoms with Crippen molar-refractivity contribution in [1.82, 2.24) is 19.5 Å². The zero-order valence-electron chi connectivity index (χ0n) is 14.3. The number of alkyl halides is 3. The summed E-state index contributed by atoms with van der Waals surface area (Å²) in [4.78, 5) is 4.40. The summed E-state index contributed by atoms with van der Waals surface area (Å²) in [6.07, 6.45) is -3.07. The third kappa shape index (κ3) is 3.86. The number of rotatable bonds is 3. The van der Waals surface area contributed by atoms with Crippen molar-refractivity contribution in [3.63, 3.8) is 0 Å². The number of hydrogen-bond donors (Lipinski definition) is 0. The highest BCUT2D eigenvalue weighted by Crippen LogP contribution is 2.29. The average Bonchev–Trinajstić information content (AvgIpc) is 3.08. The number of fused-ring (bicyclic) bond motifs is 1. The molecule has 0 N–H and O–H groups in total. The van der Waals surface area contributed by atoms with Crippen LogP contribution in [0.25, 0.3) is 5.65 Å². The molecule has 0 saturated carbocycles. The van der Waals surface area contributed by atoms with Crippen LogP contribution in [0.15, 0.2) is 42.6 Å². The predicted octanol–water partition coefficient (Wildman–Crippen LogP) is 3.72. The molecule has 0 atom stereocenters. The first kappa shape index (κ1) is 18.1. The molecule has 0 amide bonds. The van der Waals surface area contributed by atoms with E-state index in [0.29, 0.717) is 5.02 Å². The van der Waals surface area contributed by atoms with Gasteiger partial charge >= 0.3 is 6.18 Å². The molecular weight excluding hydrogens is 379 g/mol. The van der Waals surface area contributed by atoms with E-state index in [1.807, 2.05) is 24.3 Å². The SMILES string of the molecule is FC(F)(F)c1nnc2ccc(N3CCN(Cc4ccc(Cl)cc4)CC3)cn12. The van der Waals surface area contributed by atoms with E-state index in [4.69, 9.17) is 11.6 Å². The molecule has 3 heterocycles. The highest BCUT2D eigenvalue weighted by molar-refractivity contribution is 6.30. The first-order valence-corrected chi connectivity index (χ1v) is 8.92. The van der Waals surface area contributed by atoms with Crippen LogP contribution in [-0.2, 0) is 12.7 Å². The van der Waals surface area contributed by atoms with Gasteiger partial charge in [-0.05, 0) is 29.8 Å². The maximum absolute atomic E-state index is 13.1. The van der Waals surface area contributed by atoms with Crippen molar-refractivity contribution < 1.29 is 13.2 Å². The molecule has 0 bridgehead atoms. The van der Waals surface area contributed by atoms with Crippen LogP contribution in [-0.4, -0.2) is 45.7 Å². The Morgan fingerprint density at radius 1 is 0.926 bits per heavy atom. The van der Waals surface area contributed by atoms with Gasteiger partial charge in [0.25, 0.3) is 0 Å². The monoisotopic (exact) mass is 395 g/mol. The number of nitrogens with zero attached hydrogens (tertiary/aromatic N) is 5. The van der Waals surface area contributed by atoms with Crippen LogP contribution in [0.5, 0.6) is 0 Å². The minimum absolute atomic E-state index is 0.187. The number of halogens is 4. The highest BCUT2D eigenvalue weighted by atomic mass is 35.5. The van der Waals surface area contributed by atoms with E-state index in [0.717, 1.165) is 42.8 Å². The van der Waals surface area contributed by atoms with Gasteiger partial charge in [-0.15, -0.1) is 10.2 Å². The van der Waals surface area contributed by atoms with Crippen LogP contribution < -0.4 is 4.90 Å². The summed E-state index contributed by atoms with van der Waals surface area (Å²) >= 11 is 5.91. The van der Waals surface area contributed by atoms with Gasteiger partial charge in [0.2, 0.25) is 5.82 Å². The molecule has 0 aliphatic carbocycles. The van der Waals surface area contributed by atoms with E-state index in [9.17, 15) is 13.2 Å². The van der Waals surface area contributed by atoms with Crippen molar-refractivity contribution in [1.29, 1.82) is 0 Å². The fourth-order valence-corrected chi connectivity index (χ4v) is 3.40. The van der Waals surface area contributed by atoms with Crippen molar-refractivity contribution in [2.45, 2.75) is 12.7 Å². The molecule has 0 radical (unpaired) electrons. The minimum atomic E-state index is -4.53. The highest BCUT2D eigenvalue weighted by Gasteiger charge is 2.37. The zero-order valence-corrected chi connectivity index (χ0v) is 15.1. The summed E-state index contributed by atoms with van der Waals surface area (Å²) in [7, 11) is 0. The number of hydrogen-bond acceptors (Lipinski definition) is 4. The maximum atomic E-state index is 13.1. The van der Waals surface area contributed by atoms with E-state index in [1.165, 1.54) is 11.8 Å². The summed E-state index contributed by atoms with van der Waals surface area (Å²) < 4.78 is 40.2. The van der Waals surface area contributed by atoms with Crippen LogP contribution in [0, 0.1) is 0 Å². The molecule has 9 heteroatoms. The number of aromatic nitrogens is 3. The third-order valence-electron chi connectivity index (χ3n) is 4.70. The number of benzene rings is 1. The number of pyridine rings is 1. The lowest BCUT2D eigenvalue weighted by Gasteiger charge is -2.36. The van der Waals surface area contributed by atoms with E-state index in [-0.39, 0.29) is 5.65 Å². The second-order valence-corrected chi connectivity index (χ2v) is 6.96. The van der Waals surface area contributed by atoms with Crippen molar-refractivity contribution in [3.05, 3.63) is 59.0 Å². The Bertz CT molecular complexity index is 930.